The van der Waals surface area contributed by atoms with Gasteiger partial charge in [0.25, 0.3) is 0 Å². The number of rotatable bonds is 0. The van der Waals surface area contributed by atoms with Crippen LogP contribution in [0.3, 0.4) is 0 Å². The summed E-state index contributed by atoms with van der Waals surface area (Å²) in [6.45, 7) is 2.10. The van der Waals surface area contributed by atoms with Gasteiger partial charge in [-0.05, 0) is 67.7 Å². The van der Waals surface area contributed by atoms with Crippen LogP contribution in [0.5, 0.6) is 0 Å². The lowest BCUT2D eigenvalue weighted by atomic mass is 9.52. The van der Waals surface area contributed by atoms with Crippen molar-refractivity contribution in [3.63, 3.8) is 0 Å². The van der Waals surface area contributed by atoms with E-state index in [-0.39, 0.29) is 23.0 Å². The number of halogens is 1. The molecular weight excluding hydrogens is 267 g/mol. The molecule has 3 fully saturated rings. The molecule has 0 aromatic heterocycles. The zero-order chi connectivity index (χ0) is 14.8. The van der Waals surface area contributed by atoms with Crippen LogP contribution in [0.15, 0.2) is 23.8 Å². The Balaban J connectivity index is 1.72. The van der Waals surface area contributed by atoms with E-state index in [2.05, 4.69) is 6.92 Å². The predicted molar refractivity (Wildman–Crippen MR) is 77.4 cm³/mol. The highest BCUT2D eigenvalue weighted by atomic mass is 19.1. The van der Waals surface area contributed by atoms with Gasteiger partial charge in [-0.3, -0.25) is 9.59 Å². The number of Topliss-reactive ketones (excluding diaryl/α,β-unsaturated/α-hetero) is 1. The standard InChI is InChI=1S/C18H21FO2/c1-17-8-7-15-13(14(17)4-5-16(17)21)3-2-11-10-12(20)6-9-18(11,15)19/h6,9-10,13-15H,2-5,7-8H2,1H3/t13-,14-,15-,17-,18?/m0/s1. The molecule has 21 heavy (non-hydrogen) atoms. The number of carbonyl (C=O) groups excluding carboxylic acids is 2. The third-order valence-corrected chi connectivity index (χ3v) is 6.73. The minimum atomic E-state index is -1.44. The highest BCUT2D eigenvalue weighted by Gasteiger charge is 2.60. The lowest BCUT2D eigenvalue weighted by molar-refractivity contribution is -0.132. The monoisotopic (exact) mass is 288 g/mol. The van der Waals surface area contributed by atoms with Crippen LogP contribution in [-0.4, -0.2) is 17.2 Å². The van der Waals surface area contributed by atoms with Crippen molar-refractivity contribution in [3.05, 3.63) is 23.8 Å². The van der Waals surface area contributed by atoms with E-state index < -0.39 is 5.67 Å². The van der Waals surface area contributed by atoms with Gasteiger partial charge in [-0.25, -0.2) is 4.39 Å². The Morgan fingerprint density at radius 3 is 2.76 bits per heavy atom. The van der Waals surface area contributed by atoms with Crippen LogP contribution < -0.4 is 0 Å². The molecule has 1 unspecified atom stereocenters. The van der Waals surface area contributed by atoms with Crippen molar-refractivity contribution in [2.75, 3.05) is 0 Å². The third-order valence-electron chi connectivity index (χ3n) is 6.73. The Labute approximate surface area is 124 Å². The Hall–Kier alpha value is -1.25. The van der Waals surface area contributed by atoms with Gasteiger partial charge in [-0.1, -0.05) is 6.92 Å². The molecule has 0 amide bonds. The van der Waals surface area contributed by atoms with Gasteiger partial charge in [0, 0.05) is 17.8 Å². The van der Waals surface area contributed by atoms with Crippen molar-refractivity contribution in [3.8, 4) is 0 Å². The van der Waals surface area contributed by atoms with Gasteiger partial charge in [-0.15, -0.1) is 0 Å². The highest BCUT2D eigenvalue weighted by molar-refractivity contribution is 6.01. The first-order valence-electron chi connectivity index (χ1n) is 8.11. The smallest absolute Gasteiger partial charge is 0.178 e. The molecule has 112 valence electrons. The largest absolute Gasteiger partial charge is 0.299 e. The maximum Gasteiger partial charge on any atom is 0.178 e. The number of fused-ring (bicyclic) bond motifs is 5. The highest BCUT2D eigenvalue weighted by Crippen LogP contribution is 2.61. The quantitative estimate of drug-likeness (QED) is 0.683. The molecule has 0 aliphatic heterocycles. The molecule has 3 heteroatoms. The zero-order valence-electron chi connectivity index (χ0n) is 12.4. The third kappa shape index (κ3) is 1.63. The van der Waals surface area contributed by atoms with E-state index in [1.807, 2.05) is 0 Å². The maximum atomic E-state index is 15.6. The van der Waals surface area contributed by atoms with Gasteiger partial charge >= 0.3 is 0 Å². The molecule has 0 N–H and O–H groups in total. The van der Waals surface area contributed by atoms with Gasteiger partial charge in [0.1, 0.15) is 5.78 Å². The second-order valence-electron chi connectivity index (χ2n) is 7.51. The molecule has 0 saturated heterocycles. The molecule has 0 bridgehead atoms. The van der Waals surface area contributed by atoms with Gasteiger partial charge < -0.3 is 0 Å². The summed E-state index contributed by atoms with van der Waals surface area (Å²) in [6, 6.07) is 0. The Bertz CT molecular complexity index is 590. The van der Waals surface area contributed by atoms with E-state index in [1.165, 1.54) is 18.2 Å². The lowest BCUT2D eigenvalue weighted by Gasteiger charge is -2.53. The molecular formula is C18H21FO2. The van der Waals surface area contributed by atoms with E-state index >= 15 is 4.39 Å². The molecule has 0 spiro atoms. The van der Waals surface area contributed by atoms with Gasteiger partial charge in [0.05, 0.1) is 0 Å². The summed E-state index contributed by atoms with van der Waals surface area (Å²) in [5, 5.41) is 0. The van der Waals surface area contributed by atoms with Crippen LogP contribution in [0.25, 0.3) is 0 Å². The number of carbonyl (C=O) groups is 2. The zero-order valence-corrected chi connectivity index (χ0v) is 12.4. The summed E-state index contributed by atoms with van der Waals surface area (Å²) in [5.74, 6) is 0.868. The van der Waals surface area contributed by atoms with Crippen molar-refractivity contribution in [1.29, 1.82) is 0 Å². The number of alkyl halides is 1. The minimum Gasteiger partial charge on any atom is -0.299 e. The molecule has 4 rings (SSSR count). The lowest BCUT2D eigenvalue weighted by Crippen LogP contribution is -2.52. The van der Waals surface area contributed by atoms with Crippen molar-refractivity contribution < 1.29 is 14.0 Å². The summed E-state index contributed by atoms with van der Waals surface area (Å²) < 4.78 is 15.6. The van der Waals surface area contributed by atoms with Crippen LogP contribution in [0.1, 0.15) is 45.4 Å². The van der Waals surface area contributed by atoms with Crippen LogP contribution in [0, 0.1) is 23.2 Å². The number of hydrogen-bond acceptors (Lipinski definition) is 2. The van der Waals surface area contributed by atoms with Crippen molar-refractivity contribution >= 4 is 11.6 Å². The SMILES string of the molecule is C[C@]12CC[C@H]3[C@@H](CCC4=CC(=O)C=CC43F)[C@@H]1CCC2=O. The Morgan fingerprint density at radius 1 is 1.14 bits per heavy atom. The summed E-state index contributed by atoms with van der Waals surface area (Å²) in [4.78, 5) is 23.8. The number of allylic oxidation sites excluding steroid dienone is 4. The average molecular weight is 288 g/mol. The normalized spacial score (nSPS) is 48.5. The van der Waals surface area contributed by atoms with Crippen LogP contribution in [0.4, 0.5) is 4.39 Å². The van der Waals surface area contributed by atoms with Gasteiger partial charge in [0.2, 0.25) is 0 Å². The van der Waals surface area contributed by atoms with Crippen LogP contribution in [0.2, 0.25) is 0 Å². The fourth-order valence-electron chi connectivity index (χ4n) is 5.57. The number of ketones is 2. The predicted octanol–water partition coefficient (Wildman–Crippen LogP) is 3.57. The fourth-order valence-corrected chi connectivity index (χ4v) is 5.57. The Kier molecular flexibility index (Phi) is 2.65. The van der Waals surface area contributed by atoms with Gasteiger partial charge in [-0.2, -0.15) is 0 Å². The summed E-state index contributed by atoms with van der Waals surface area (Å²) in [7, 11) is 0. The second kappa shape index (κ2) is 4.15. The Morgan fingerprint density at radius 2 is 1.95 bits per heavy atom. The first-order chi connectivity index (χ1) is 9.95. The van der Waals surface area contributed by atoms with Crippen molar-refractivity contribution in [2.45, 2.75) is 51.1 Å². The molecule has 4 aliphatic carbocycles. The minimum absolute atomic E-state index is 0.0502. The second-order valence-corrected chi connectivity index (χ2v) is 7.51. The average Bonchev–Trinajstić information content (AvgIpc) is 2.76. The first kappa shape index (κ1) is 13.4. The molecule has 0 radical (unpaired) electrons. The molecule has 4 aliphatic rings. The summed E-state index contributed by atoms with van der Waals surface area (Å²) in [6.07, 6.45) is 9.14. The molecule has 0 heterocycles. The molecule has 2 nitrogen and oxygen atoms in total. The van der Waals surface area contributed by atoms with Gasteiger partial charge in [0.15, 0.2) is 11.5 Å². The van der Waals surface area contributed by atoms with E-state index in [0.717, 1.165) is 25.7 Å². The van der Waals surface area contributed by atoms with E-state index in [9.17, 15) is 9.59 Å². The van der Waals surface area contributed by atoms with Crippen molar-refractivity contribution in [1.82, 2.24) is 0 Å². The van der Waals surface area contributed by atoms with Crippen LogP contribution in [-0.2, 0) is 9.59 Å². The summed E-state index contributed by atoms with van der Waals surface area (Å²) in [5.41, 5.74) is -0.985. The van der Waals surface area contributed by atoms with Crippen LogP contribution >= 0.6 is 0 Å². The fraction of sp³-hybridized carbons (Fsp3) is 0.667. The first-order valence-corrected chi connectivity index (χ1v) is 8.11. The summed E-state index contributed by atoms with van der Waals surface area (Å²) >= 11 is 0. The molecule has 0 aromatic carbocycles. The number of hydrogen-bond donors (Lipinski definition) is 0. The molecule has 0 aromatic rings. The van der Waals surface area contributed by atoms with Crippen molar-refractivity contribution in [2.24, 2.45) is 23.2 Å². The van der Waals surface area contributed by atoms with E-state index in [1.54, 1.807) is 0 Å². The van der Waals surface area contributed by atoms with E-state index in [0.29, 0.717) is 30.1 Å². The van der Waals surface area contributed by atoms with E-state index in [4.69, 9.17) is 0 Å². The topological polar surface area (TPSA) is 34.1 Å². The molecule has 5 atom stereocenters. The molecule has 3 saturated carbocycles. The maximum absolute atomic E-state index is 15.6.